The summed E-state index contributed by atoms with van der Waals surface area (Å²) in [6, 6.07) is 5.82. The molecule has 1 N–H and O–H groups in total. The Hall–Kier alpha value is -1.44. The molecule has 2 rings (SSSR count). The summed E-state index contributed by atoms with van der Waals surface area (Å²) in [6.07, 6.45) is 2.88. The molecular weight excluding hydrogens is 176 g/mol. The van der Waals surface area contributed by atoms with Gasteiger partial charge in [-0.15, -0.1) is 0 Å². The zero-order valence-electron chi connectivity index (χ0n) is 7.90. The largest absolute Gasteiger partial charge is 0.255 e. The van der Waals surface area contributed by atoms with Crippen LogP contribution in [0.1, 0.15) is 17.7 Å². The fourth-order valence-electron chi connectivity index (χ4n) is 1.58. The topological polar surface area (TPSA) is 52.0 Å². The number of nitrogens with one attached hydrogen (secondary N) is 1. The lowest BCUT2D eigenvalue weighted by Gasteiger charge is -2.14. The molecule has 1 saturated heterocycles. The van der Waals surface area contributed by atoms with Crippen LogP contribution in [-0.2, 0) is 6.54 Å². The standard InChI is InChI=1S/C10H12N4/c11-7-10-6-9(2-4-12-10)8-14-5-1-3-13-14/h2,4,6,13H,1,3,5,8H2. The van der Waals surface area contributed by atoms with E-state index in [-0.39, 0.29) is 0 Å². The number of aromatic nitrogens is 1. The third-order valence-corrected chi connectivity index (χ3v) is 2.25. The molecule has 1 fully saturated rings. The van der Waals surface area contributed by atoms with E-state index in [1.165, 1.54) is 6.42 Å². The number of nitrogens with zero attached hydrogens (tertiary/aromatic N) is 3. The first-order valence-corrected chi connectivity index (χ1v) is 4.72. The third-order valence-electron chi connectivity index (χ3n) is 2.25. The summed E-state index contributed by atoms with van der Waals surface area (Å²) < 4.78 is 0. The average Bonchev–Trinajstić information content (AvgIpc) is 2.71. The minimum absolute atomic E-state index is 0.488. The SMILES string of the molecule is N#Cc1cc(CN2CCCN2)ccn1. The van der Waals surface area contributed by atoms with E-state index in [1.807, 2.05) is 18.2 Å². The Kier molecular flexibility index (Phi) is 2.73. The number of hydrogen-bond acceptors (Lipinski definition) is 4. The number of nitriles is 1. The van der Waals surface area contributed by atoms with E-state index in [9.17, 15) is 0 Å². The van der Waals surface area contributed by atoms with Crippen LogP contribution in [0.4, 0.5) is 0 Å². The highest BCUT2D eigenvalue weighted by Gasteiger charge is 2.10. The highest BCUT2D eigenvalue weighted by atomic mass is 15.5. The van der Waals surface area contributed by atoms with Crippen LogP contribution < -0.4 is 5.43 Å². The maximum atomic E-state index is 8.68. The van der Waals surface area contributed by atoms with E-state index in [0.29, 0.717) is 5.69 Å². The average molecular weight is 188 g/mol. The number of hydrogen-bond donors (Lipinski definition) is 1. The number of pyridine rings is 1. The highest BCUT2D eigenvalue weighted by molar-refractivity contribution is 5.25. The van der Waals surface area contributed by atoms with Crippen LogP contribution in [0.2, 0.25) is 0 Å². The lowest BCUT2D eigenvalue weighted by Crippen LogP contribution is -2.29. The molecule has 2 heterocycles. The van der Waals surface area contributed by atoms with Gasteiger partial charge in [0.1, 0.15) is 11.8 Å². The first kappa shape index (κ1) is 9.13. The first-order chi connectivity index (χ1) is 6.88. The minimum Gasteiger partial charge on any atom is -0.255 e. The Balaban J connectivity index is 2.05. The number of rotatable bonds is 2. The van der Waals surface area contributed by atoms with Crippen molar-refractivity contribution in [2.75, 3.05) is 13.1 Å². The van der Waals surface area contributed by atoms with E-state index in [1.54, 1.807) is 6.20 Å². The molecule has 4 nitrogen and oxygen atoms in total. The molecule has 0 atom stereocenters. The predicted molar refractivity (Wildman–Crippen MR) is 52.0 cm³/mol. The summed E-state index contributed by atoms with van der Waals surface area (Å²) >= 11 is 0. The van der Waals surface area contributed by atoms with E-state index in [0.717, 1.165) is 25.2 Å². The molecule has 1 aliphatic rings. The molecule has 0 spiro atoms. The molecule has 1 aliphatic heterocycles. The fourth-order valence-corrected chi connectivity index (χ4v) is 1.58. The summed E-state index contributed by atoms with van der Waals surface area (Å²) in [5.74, 6) is 0. The van der Waals surface area contributed by atoms with Gasteiger partial charge < -0.3 is 0 Å². The van der Waals surface area contributed by atoms with Gasteiger partial charge in [-0.3, -0.25) is 5.43 Å². The molecule has 0 aliphatic carbocycles. The normalized spacial score (nSPS) is 16.8. The van der Waals surface area contributed by atoms with Crippen molar-refractivity contribution in [3.05, 3.63) is 29.6 Å². The van der Waals surface area contributed by atoms with Gasteiger partial charge in [0.15, 0.2) is 0 Å². The molecular formula is C10H12N4. The molecule has 0 bridgehead atoms. The minimum atomic E-state index is 0.488. The number of hydrazine groups is 1. The maximum absolute atomic E-state index is 8.68. The third kappa shape index (κ3) is 2.08. The summed E-state index contributed by atoms with van der Waals surface area (Å²) in [7, 11) is 0. The van der Waals surface area contributed by atoms with Crippen LogP contribution in [0.15, 0.2) is 18.3 Å². The lowest BCUT2D eigenvalue weighted by molar-refractivity contribution is 0.244. The van der Waals surface area contributed by atoms with Crippen LogP contribution in [0.25, 0.3) is 0 Å². The van der Waals surface area contributed by atoms with E-state index >= 15 is 0 Å². The Labute approximate surface area is 83.1 Å². The summed E-state index contributed by atoms with van der Waals surface area (Å²) in [4.78, 5) is 3.93. The van der Waals surface area contributed by atoms with Crippen LogP contribution in [0.5, 0.6) is 0 Å². The van der Waals surface area contributed by atoms with Crippen LogP contribution in [0.3, 0.4) is 0 Å². The molecule has 0 unspecified atom stereocenters. The summed E-state index contributed by atoms with van der Waals surface area (Å²) in [5.41, 5.74) is 4.89. The van der Waals surface area contributed by atoms with E-state index in [4.69, 9.17) is 5.26 Å². The second-order valence-corrected chi connectivity index (χ2v) is 3.34. The Morgan fingerprint density at radius 2 is 2.57 bits per heavy atom. The van der Waals surface area contributed by atoms with Gasteiger partial charge in [-0.2, -0.15) is 5.26 Å². The van der Waals surface area contributed by atoms with Crippen LogP contribution in [-0.4, -0.2) is 23.1 Å². The van der Waals surface area contributed by atoms with Crippen molar-refractivity contribution < 1.29 is 0 Å². The van der Waals surface area contributed by atoms with Gasteiger partial charge in [-0.1, -0.05) is 0 Å². The molecule has 0 aromatic carbocycles. The summed E-state index contributed by atoms with van der Waals surface area (Å²) in [6.45, 7) is 2.97. The summed E-state index contributed by atoms with van der Waals surface area (Å²) in [5, 5.41) is 10.8. The van der Waals surface area contributed by atoms with Crippen molar-refractivity contribution in [1.29, 1.82) is 5.26 Å². The van der Waals surface area contributed by atoms with Crippen molar-refractivity contribution in [1.82, 2.24) is 15.4 Å². The fraction of sp³-hybridized carbons (Fsp3) is 0.400. The molecule has 72 valence electrons. The zero-order chi connectivity index (χ0) is 9.80. The van der Waals surface area contributed by atoms with Gasteiger partial charge in [0.25, 0.3) is 0 Å². The van der Waals surface area contributed by atoms with Gasteiger partial charge in [-0.25, -0.2) is 9.99 Å². The highest BCUT2D eigenvalue weighted by Crippen LogP contribution is 2.06. The molecule has 0 saturated carbocycles. The smallest absolute Gasteiger partial charge is 0.140 e. The monoisotopic (exact) mass is 188 g/mol. The van der Waals surface area contributed by atoms with Crippen LogP contribution >= 0.6 is 0 Å². The molecule has 1 aromatic heterocycles. The van der Waals surface area contributed by atoms with Crippen molar-refractivity contribution in [3.8, 4) is 6.07 Å². The Bertz CT molecular complexity index is 349. The van der Waals surface area contributed by atoms with Crippen LogP contribution in [0, 0.1) is 11.3 Å². The van der Waals surface area contributed by atoms with Gasteiger partial charge in [0, 0.05) is 25.8 Å². The zero-order valence-corrected chi connectivity index (χ0v) is 7.90. The molecule has 1 aromatic rings. The van der Waals surface area contributed by atoms with Gasteiger partial charge in [0.05, 0.1) is 0 Å². The Morgan fingerprint density at radius 3 is 3.29 bits per heavy atom. The second kappa shape index (κ2) is 4.18. The molecule has 0 amide bonds. The van der Waals surface area contributed by atoms with Gasteiger partial charge in [-0.05, 0) is 24.1 Å². The molecule has 4 heteroatoms. The maximum Gasteiger partial charge on any atom is 0.140 e. The Morgan fingerprint density at radius 1 is 1.64 bits per heavy atom. The lowest BCUT2D eigenvalue weighted by atomic mass is 10.2. The van der Waals surface area contributed by atoms with Gasteiger partial charge in [0.2, 0.25) is 0 Å². The van der Waals surface area contributed by atoms with Crippen molar-refractivity contribution in [2.24, 2.45) is 0 Å². The van der Waals surface area contributed by atoms with Crippen molar-refractivity contribution in [3.63, 3.8) is 0 Å². The second-order valence-electron chi connectivity index (χ2n) is 3.34. The quantitative estimate of drug-likeness (QED) is 0.741. The predicted octanol–water partition coefficient (Wildman–Crippen LogP) is 0.664. The first-order valence-electron chi connectivity index (χ1n) is 4.72. The van der Waals surface area contributed by atoms with E-state index < -0.39 is 0 Å². The van der Waals surface area contributed by atoms with Crippen molar-refractivity contribution >= 4 is 0 Å². The van der Waals surface area contributed by atoms with Gasteiger partial charge >= 0.3 is 0 Å². The van der Waals surface area contributed by atoms with E-state index in [2.05, 4.69) is 15.4 Å². The van der Waals surface area contributed by atoms with Crippen molar-refractivity contribution in [2.45, 2.75) is 13.0 Å². The molecule has 0 radical (unpaired) electrons. The molecule has 14 heavy (non-hydrogen) atoms.